The molecule has 0 aromatic carbocycles. The summed E-state index contributed by atoms with van der Waals surface area (Å²) in [5.41, 5.74) is 4.10. The number of hydrogen-bond donors (Lipinski definition) is 1. The van der Waals surface area contributed by atoms with Crippen molar-refractivity contribution in [2.24, 2.45) is 5.73 Å². The van der Waals surface area contributed by atoms with Gasteiger partial charge in [-0.05, 0) is 41.2 Å². The van der Waals surface area contributed by atoms with Crippen molar-refractivity contribution in [1.29, 1.82) is 0 Å². The fourth-order valence-corrected chi connectivity index (χ4v) is 2.76. The average Bonchev–Trinajstić information content (AvgIpc) is 2.35. The molecule has 0 aliphatic rings. The Morgan fingerprint density at radius 2 is 2.33 bits per heavy atom. The van der Waals surface area contributed by atoms with Gasteiger partial charge in [0.1, 0.15) is 0 Å². The molecule has 2 atom stereocenters. The number of rotatable bonds is 2. The Kier molecular flexibility index (Phi) is 2.91. The molecular formula is C8H11BrFNS. The van der Waals surface area contributed by atoms with Gasteiger partial charge >= 0.3 is 0 Å². The third-order valence-electron chi connectivity index (χ3n) is 1.92. The minimum atomic E-state index is -1.44. The summed E-state index contributed by atoms with van der Waals surface area (Å²) in [6, 6.07) is 1.34. The molecule has 4 heteroatoms. The molecule has 0 aliphatic heterocycles. The van der Waals surface area contributed by atoms with Crippen molar-refractivity contribution in [2.75, 3.05) is 0 Å². The summed E-state index contributed by atoms with van der Waals surface area (Å²) in [6.45, 7) is 3.18. The Morgan fingerprint density at radius 1 is 1.75 bits per heavy atom. The number of halogens is 2. The van der Waals surface area contributed by atoms with E-state index in [-0.39, 0.29) is 0 Å². The molecule has 1 aromatic rings. The maximum atomic E-state index is 13.9. The fourth-order valence-electron chi connectivity index (χ4n) is 0.849. The number of nitrogens with two attached hydrogens (primary N) is 1. The van der Waals surface area contributed by atoms with E-state index < -0.39 is 11.7 Å². The van der Waals surface area contributed by atoms with Gasteiger partial charge in [-0.3, -0.25) is 0 Å². The van der Waals surface area contributed by atoms with E-state index in [1.807, 2.05) is 11.4 Å². The SMILES string of the molecule is CC(N)C(C)(F)c1sccc1Br. The molecule has 0 saturated heterocycles. The lowest BCUT2D eigenvalue weighted by Crippen LogP contribution is -2.36. The molecule has 0 saturated carbocycles. The van der Waals surface area contributed by atoms with Gasteiger partial charge in [0, 0.05) is 10.5 Å². The van der Waals surface area contributed by atoms with E-state index in [9.17, 15) is 4.39 Å². The zero-order valence-electron chi connectivity index (χ0n) is 6.97. The summed E-state index contributed by atoms with van der Waals surface area (Å²) in [6.07, 6.45) is 0. The summed E-state index contributed by atoms with van der Waals surface area (Å²) in [5, 5.41) is 1.85. The minimum Gasteiger partial charge on any atom is -0.325 e. The molecule has 1 nitrogen and oxygen atoms in total. The second-order valence-electron chi connectivity index (χ2n) is 2.96. The molecular weight excluding hydrogens is 241 g/mol. The zero-order chi connectivity index (χ0) is 9.35. The van der Waals surface area contributed by atoms with Crippen LogP contribution in [0.3, 0.4) is 0 Å². The largest absolute Gasteiger partial charge is 0.325 e. The molecule has 0 aliphatic carbocycles. The molecule has 1 heterocycles. The van der Waals surface area contributed by atoms with E-state index >= 15 is 0 Å². The van der Waals surface area contributed by atoms with Gasteiger partial charge < -0.3 is 5.73 Å². The Balaban J connectivity index is 3.05. The van der Waals surface area contributed by atoms with Crippen molar-refractivity contribution in [1.82, 2.24) is 0 Å². The Hall–Kier alpha value is 0.0700. The zero-order valence-corrected chi connectivity index (χ0v) is 9.38. The Labute approximate surface area is 83.9 Å². The van der Waals surface area contributed by atoms with E-state index in [2.05, 4.69) is 15.9 Å². The smallest absolute Gasteiger partial charge is 0.158 e. The van der Waals surface area contributed by atoms with Crippen LogP contribution in [-0.4, -0.2) is 6.04 Å². The molecule has 1 aromatic heterocycles. The van der Waals surface area contributed by atoms with E-state index in [0.29, 0.717) is 4.88 Å². The highest BCUT2D eigenvalue weighted by Crippen LogP contribution is 2.37. The quantitative estimate of drug-likeness (QED) is 0.860. The highest BCUT2D eigenvalue weighted by Gasteiger charge is 2.33. The highest BCUT2D eigenvalue weighted by atomic mass is 79.9. The van der Waals surface area contributed by atoms with Crippen molar-refractivity contribution in [2.45, 2.75) is 25.6 Å². The van der Waals surface area contributed by atoms with Crippen LogP contribution in [0.5, 0.6) is 0 Å². The van der Waals surface area contributed by atoms with Gasteiger partial charge in [0.15, 0.2) is 5.67 Å². The molecule has 0 fully saturated rings. The topological polar surface area (TPSA) is 26.0 Å². The predicted octanol–water partition coefficient (Wildman–Crippen LogP) is 3.04. The first kappa shape index (κ1) is 10.2. The van der Waals surface area contributed by atoms with Crippen molar-refractivity contribution in [3.05, 3.63) is 20.8 Å². The van der Waals surface area contributed by atoms with Crippen LogP contribution in [0.15, 0.2) is 15.9 Å². The first-order valence-electron chi connectivity index (χ1n) is 3.64. The van der Waals surface area contributed by atoms with E-state index in [4.69, 9.17) is 5.73 Å². The van der Waals surface area contributed by atoms with E-state index in [0.717, 1.165) is 4.47 Å². The summed E-state index contributed by atoms with van der Waals surface area (Å²) in [4.78, 5) is 0.664. The summed E-state index contributed by atoms with van der Waals surface area (Å²) >= 11 is 4.67. The second kappa shape index (κ2) is 3.44. The summed E-state index contributed by atoms with van der Waals surface area (Å²) in [5.74, 6) is 0. The molecule has 0 amide bonds. The first-order chi connectivity index (χ1) is 5.46. The van der Waals surface area contributed by atoms with Crippen LogP contribution < -0.4 is 5.73 Å². The van der Waals surface area contributed by atoms with Crippen molar-refractivity contribution in [3.63, 3.8) is 0 Å². The lowest BCUT2D eigenvalue weighted by Gasteiger charge is -2.23. The number of alkyl halides is 1. The average molecular weight is 252 g/mol. The van der Waals surface area contributed by atoms with Crippen LogP contribution in [0.4, 0.5) is 4.39 Å². The summed E-state index contributed by atoms with van der Waals surface area (Å²) < 4.78 is 14.7. The monoisotopic (exact) mass is 251 g/mol. The van der Waals surface area contributed by atoms with E-state index in [1.165, 1.54) is 18.3 Å². The van der Waals surface area contributed by atoms with Gasteiger partial charge in [0.05, 0.1) is 4.88 Å². The van der Waals surface area contributed by atoms with Gasteiger partial charge in [0.25, 0.3) is 0 Å². The van der Waals surface area contributed by atoms with Gasteiger partial charge in [-0.2, -0.15) is 0 Å². The molecule has 2 N–H and O–H groups in total. The predicted molar refractivity (Wildman–Crippen MR) is 54.1 cm³/mol. The van der Waals surface area contributed by atoms with Gasteiger partial charge in [-0.15, -0.1) is 11.3 Å². The van der Waals surface area contributed by atoms with Gasteiger partial charge in [-0.1, -0.05) is 0 Å². The second-order valence-corrected chi connectivity index (χ2v) is 4.73. The standard InChI is InChI=1S/C8H11BrFNS/c1-5(11)8(2,10)7-6(9)3-4-12-7/h3-5H,11H2,1-2H3. The maximum absolute atomic E-state index is 13.9. The normalized spacial score (nSPS) is 18.8. The van der Waals surface area contributed by atoms with Gasteiger partial charge in [0.2, 0.25) is 0 Å². The van der Waals surface area contributed by atoms with Crippen LogP contribution in [0, 0.1) is 0 Å². The first-order valence-corrected chi connectivity index (χ1v) is 5.31. The molecule has 0 radical (unpaired) electrons. The van der Waals surface area contributed by atoms with Crippen LogP contribution in [-0.2, 0) is 5.67 Å². The summed E-state index contributed by atoms with van der Waals surface area (Å²) in [7, 11) is 0. The molecule has 2 unspecified atom stereocenters. The van der Waals surface area contributed by atoms with Crippen molar-refractivity contribution >= 4 is 27.3 Å². The lowest BCUT2D eigenvalue weighted by molar-refractivity contribution is 0.162. The molecule has 0 spiro atoms. The molecule has 12 heavy (non-hydrogen) atoms. The minimum absolute atomic E-state index is 0.493. The van der Waals surface area contributed by atoms with Crippen LogP contribution in [0.1, 0.15) is 18.7 Å². The van der Waals surface area contributed by atoms with Crippen LogP contribution >= 0.6 is 27.3 Å². The Bertz CT molecular complexity index is 270. The highest BCUT2D eigenvalue weighted by molar-refractivity contribution is 9.10. The van der Waals surface area contributed by atoms with Crippen molar-refractivity contribution in [3.8, 4) is 0 Å². The molecule has 1 rings (SSSR count). The fraction of sp³-hybridized carbons (Fsp3) is 0.500. The maximum Gasteiger partial charge on any atom is 0.158 e. The third kappa shape index (κ3) is 1.70. The third-order valence-corrected chi connectivity index (χ3v) is 3.97. The van der Waals surface area contributed by atoms with Crippen LogP contribution in [0.2, 0.25) is 0 Å². The van der Waals surface area contributed by atoms with Crippen LogP contribution in [0.25, 0.3) is 0 Å². The molecule has 0 bridgehead atoms. The van der Waals surface area contributed by atoms with Gasteiger partial charge in [-0.25, -0.2) is 4.39 Å². The number of hydrogen-bond acceptors (Lipinski definition) is 2. The number of thiophene rings is 1. The Morgan fingerprint density at radius 3 is 2.67 bits per heavy atom. The molecule has 68 valence electrons. The van der Waals surface area contributed by atoms with E-state index in [1.54, 1.807) is 6.92 Å². The van der Waals surface area contributed by atoms with Crippen molar-refractivity contribution < 1.29 is 4.39 Å². The lowest BCUT2D eigenvalue weighted by atomic mass is 9.99.